The number of carbonyl (C=O) groups is 1. The largest absolute Gasteiger partial charge is 0.380 e. The van der Waals surface area contributed by atoms with Crippen LogP contribution in [0.3, 0.4) is 0 Å². The number of ether oxygens (including phenoxy) is 1. The van der Waals surface area contributed by atoms with Crippen molar-refractivity contribution in [3.63, 3.8) is 0 Å². The van der Waals surface area contributed by atoms with Gasteiger partial charge in [0.25, 0.3) is 5.91 Å². The van der Waals surface area contributed by atoms with Crippen molar-refractivity contribution in [3.05, 3.63) is 41.1 Å². The van der Waals surface area contributed by atoms with E-state index in [4.69, 9.17) is 4.74 Å². The number of anilines is 1. The van der Waals surface area contributed by atoms with Crippen LogP contribution in [0.25, 0.3) is 0 Å². The van der Waals surface area contributed by atoms with Crippen molar-refractivity contribution in [3.8, 4) is 0 Å². The maximum atomic E-state index is 13.0. The number of pyridine rings is 1. The van der Waals surface area contributed by atoms with Crippen molar-refractivity contribution >= 4 is 11.7 Å². The first-order valence-electron chi connectivity index (χ1n) is 8.41. The molecule has 7 nitrogen and oxygen atoms in total. The molecule has 1 amide bonds. The number of hydrogen-bond donors (Lipinski definition) is 1. The number of likely N-dealkylation sites (tertiary alicyclic amines) is 1. The highest BCUT2D eigenvalue weighted by atomic mass is 16.5. The SMILES string of the molecule is CO[C@@H]1C[C@@H](c2nc(C)c(C)[nH]2)N(C(=O)c2ccc(N(C)C)nc2)C1. The number of aromatic nitrogens is 3. The van der Waals surface area contributed by atoms with Crippen LogP contribution in [0.5, 0.6) is 0 Å². The Kier molecular flexibility index (Phi) is 4.76. The molecule has 1 fully saturated rings. The molecule has 134 valence electrons. The Labute approximate surface area is 148 Å². The molecule has 7 heteroatoms. The monoisotopic (exact) mass is 343 g/mol. The fourth-order valence-electron chi connectivity index (χ4n) is 3.13. The fraction of sp³-hybridized carbons (Fsp3) is 0.500. The number of hydrogen-bond acceptors (Lipinski definition) is 5. The van der Waals surface area contributed by atoms with Gasteiger partial charge in [-0.2, -0.15) is 0 Å². The zero-order chi connectivity index (χ0) is 18.1. The van der Waals surface area contributed by atoms with Crippen molar-refractivity contribution in [2.75, 3.05) is 32.6 Å². The lowest BCUT2D eigenvalue weighted by Crippen LogP contribution is -2.32. The quantitative estimate of drug-likeness (QED) is 0.920. The number of rotatable bonds is 4. The van der Waals surface area contributed by atoms with E-state index in [2.05, 4.69) is 15.0 Å². The van der Waals surface area contributed by atoms with Crippen molar-refractivity contribution < 1.29 is 9.53 Å². The number of H-pyrrole nitrogens is 1. The molecule has 0 bridgehead atoms. The smallest absolute Gasteiger partial charge is 0.256 e. The maximum absolute atomic E-state index is 13.0. The van der Waals surface area contributed by atoms with Crippen LogP contribution in [0.1, 0.15) is 40.0 Å². The summed E-state index contributed by atoms with van der Waals surface area (Å²) in [6.07, 6.45) is 2.37. The van der Waals surface area contributed by atoms with Gasteiger partial charge in [-0.3, -0.25) is 4.79 Å². The molecule has 1 saturated heterocycles. The standard InChI is InChI=1S/C18H25N5O2/c1-11-12(2)21-17(20-11)15-8-14(25-5)10-23(15)18(24)13-6-7-16(19-9-13)22(3)4/h6-7,9,14-15H,8,10H2,1-5H3,(H,20,21)/t14-,15+/m1/s1. The van der Waals surface area contributed by atoms with Crippen molar-refractivity contribution in [1.82, 2.24) is 19.9 Å². The molecule has 0 aromatic carbocycles. The van der Waals surface area contributed by atoms with Crippen LogP contribution < -0.4 is 4.90 Å². The molecule has 0 saturated carbocycles. The van der Waals surface area contributed by atoms with Gasteiger partial charge in [-0.1, -0.05) is 0 Å². The van der Waals surface area contributed by atoms with Gasteiger partial charge < -0.3 is 19.5 Å². The molecule has 1 N–H and O–H groups in total. The summed E-state index contributed by atoms with van der Waals surface area (Å²) in [5.41, 5.74) is 2.56. The van der Waals surface area contributed by atoms with Gasteiger partial charge in [0.15, 0.2) is 0 Å². The van der Waals surface area contributed by atoms with Crippen LogP contribution in [-0.4, -0.2) is 59.6 Å². The summed E-state index contributed by atoms with van der Waals surface area (Å²) in [5.74, 6) is 1.59. The molecule has 2 aromatic heterocycles. The van der Waals surface area contributed by atoms with E-state index >= 15 is 0 Å². The third-order valence-corrected chi connectivity index (χ3v) is 4.77. The summed E-state index contributed by atoms with van der Waals surface area (Å²) in [5, 5.41) is 0. The van der Waals surface area contributed by atoms with Crippen LogP contribution >= 0.6 is 0 Å². The Balaban J connectivity index is 1.87. The summed E-state index contributed by atoms with van der Waals surface area (Å²) in [4.78, 5) is 29.0. The summed E-state index contributed by atoms with van der Waals surface area (Å²) in [7, 11) is 5.53. The lowest BCUT2D eigenvalue weighted by atomic mass is 10.1. The van der Waals surface area contributed by atoms with Gasteiger partial charge in [-0.05, 0) is 26.0 Å². The molecule has 0 aliphatic carbocycles. The molecule has 2 aromatic rings. The number of aromatic amines is 1. The highest BCUT2D eigenvalue weighted by Gasteiger charge is 2.38. The molecular formula is C18H25N5O2. The Bertz CT molecular complexity index is 734. The van der Waals surface area contributed by atoms with E-state index in [1.165, 1.54) is 0 Å². The lowest BCUT2D eigenvalue weighted by Gasteiger charge is -2.23. The number of methoxy groups -OCH3 is 1. The summed E-state index contributed by atoms with van der Waals surface area (Å²) >= 11 is 0. The van der Waals surface area contributed by atoms with E-state index in [1.54, 1.807) is 13.3 Å². The van der Waals surface area contributed by atoms with E-state index in [-0.39, 0.29) is 18.1 Å². The summed E-state index contributed by atoms with van der Waals surface area (Å²) in [6, 6.07) is 3.56. The number of amides is 1. The number of carbonyl (C=O) groups excluding carboxylic acids is 1. The van der Waals surface area contributed by atoms with Gasteiger partial charge in [0.2, 0.25) is 0 Å². The van der Waals surface area contributed by atoms with Crippen LogP contribution in [0.4, 0.5) is 5.82 Å². The second-order valence-electron chi connectivity index (χ2n) is 6.70. The molecule has 0 unspecified atom stereocenters. The third kappa shape index (κ3) is 3.37. The fourth-order valence-corrected chi connectivity index (χ4v) is 3.13. The number of imidazole rings is 1. The zero-order valence-electron chi connectivity index (χ0n) is 15.4. The predicted molar refractivity (Wildman–Crippen MR) is 95.8 cm³/mol. The molecule has 1 aliphatic rings. The zero-order valence-corrected chi connectivity index (χ0v) is 15.4. The molecule has 0 radical (unpaired) electrons. The maximum Gasteiger partial charge on any atom is 0.256 e. The first-order chi connectivity index (χ1) is 11.9. The molecule has 3 heterocycles. The first-order valence-corrected chi connectivity index (χ1v) is 8.41. The molecule has 1 aliphatic heterocycles. The lowest BCUT2D eigenvalue weighted by molar-refractivity contribution is 0.0684. The van der Waals surface area contributed by atoms with Crippen molar-refractivity contribution in [2.24, 2.45) is 0 Å². The van der Waals surface area contributed by atoms with E-state index in [0.717, 1.165) is 29.5 Å². The number of nitrogens with zero attached hydrogens (tertiary/aromatic N) is 4. The molecule has 2 atom stereocenters. The Morgan fingerprint density at radius 1 is 1.36 bits per heavy atom. The predicted octanol–water partition coefficient (Wildman–Crippen LogP) is 2.09. The minimum atomic E-state index is -0.113. The van der Waals surface area contributed by atoms with Crippen LogP contribution in [-0.2, 0) is 4.74 Å². The molecular weight excluding hydrogens is 318 g/mol. The Hall–Kier alpha value is -2.41. The number of aryl methyl sites for hydroxylation is 2. The van der Waals surface area contributed by atoms with Gasteiger partial charge in [0.05, 0.1) is 23.4 Å². The molecule has 25 heavy (non-hydrogen) atoms. The summed E-state index contributed by atoms with van der Waals surface area (Å²) < 4.78 is 5.51. The second kappa shape index (κ2) is 6.84. The van der Waals surface area contributed by atoms with E-state index in [0.29, 0.717) is 12.1 Å². The first kappa shape index (κ1) is 17.4. The van der Waals surface area contributed by atoms with Crippen molar-refractivity contribution in [2.45, 2.75) is 32.4 Å². The minimum Gasteiger partial charge on any atom is -0.380 e. The average molecular weight is 343 g/mol. The van der Waals surface area contributed by atoms with Gasteiger partial charge in [0, 0.05) is 46.1 Å². The van der Waals surface area contributed by atoms with Gasteiger partial charge in [0.1, 0.15) is 11.6 Å². The van der Waals surface area contributed by atoms with Crippen molar-refractivity contribution in [1.29, 1.82) is 0 Å². The Morgan fingerprint density at radius 2 is 2.12 bits per heavy atom. The third-order valence-electron chi connectivity index (χ3n) is 4.77. The van der Waals surface area contributed by atoms with E-state index in [9.17, 15) is 4.79 Å². The minimum absolute atomic E-state index is 0.00803. The highest BCUT2D eigenvalue weighted by Crippen LogP contribution is 2.33. The number of nitrogens with one attached hydrogen (secondary N) is 1. The van der Waals surface area contributed by atoms with Gasteiger partial charge in [-0.15, -0.1) is 0 Å². The van der Waals surface area contributed by atoms with E-state index < -0.39 is 0 Å². The van der Waals surface area contributed by atoms with E-state index in [1.807, 2.05) is 49.9 Å². The van der Waals surface area contributed by atoms with Gasteiger partial charge in [-0.25, -0.2) is 9.97 Å². The molecule has 3 rings (SSSR count). The van der Waals surface area contributed by atoms with Crippen LogP contribution in [0.15, 0.2) is 18.3 Å². The Morgan fingerprint density at radius 3 is 2.64 bits per heavy atom. The van der Waals surface area contributed by atoms with Crippen LogP contribution in [0.2, 0.25) is 0 Å². The second-order valence-corrected chi connectivity index (χ2v) is 6.70. The normalized spacial score (nSPS) is 20.1. The van der Waals surface area contributed by atoms with Gasteiger partial charge >= 0.3 is 0 Å². The average Bonchev–Trinajstić information content (AvgIpc) is 3.18. The van der Waals surface area contributed by atoms with Crippen LogP contribution in [0, 0.1) is 13.8 Å². The molecule has 0 spiro atoms. The topological polar surface area (TPSA) is 74.3 Å². The summed E-state index contributed by atoms with van der Waals surface area (Å²) in [6.45, 7) is 4.51. The highest BCUT2D eigenvalue weighted by molar-refractivity contribution is 5.94.